The minimum atomic E-state index is -0.209. The van der Waals surface area contributed by atoms with Crippen LogP contribution in [-0.2, 0) is 16.1 Å². The lowest BCUT2D eigenvalue weighted by Gasteiger charge is -2.21. The van der Waals surface area contributed by atoms with Crippen molar-refractivity contribution in [3.05, 3.63) is 88.5 Å². The van der Waals surface area contributed by atoms with Gasteiger partial charge in [-0.05, 0) is 49.4 Å². The van der Waals surface area contributed by atoms with Crippen molar-refractivity contribution < 1.29 is 14.0 Å². The van der Waals surface area contributed by atoms with E-state index < -0.39 is 0 Å². The average molecular weight is 448 g/mol. The number of carbonyl (C=O) groups is 2. The van der Waals surface area contributed by atoms with Crippen LogP contribution in [0.5, 0.6) is 0 Å². The summed E-state index contributed by atoms with van der Waals surface area (Å²) in [6.07, 6.45) is 7.66. The van der Waals surface area contributed by atoms with E-state index in [0.717, 1.165) is 23.5 Å². The number of carbonyl (C=O) groups excluding carboxylic acids is 2. The lowest BCUT2D eigenvalue weighted by molar-refractivity contribution is -0.122. The zero-order valence-corrected chi connectivity index (χ0v) is 18.9. The van der Waals surface area contributed by atoms with Crippen molar-refractivity contribution in [3.8, 4) is 0 Å². The first-order valence-electron chi connectivity index (χ1n) is 10.6. The molecule has 6 nitrogen and oxygen atoms in total. The molecule has 1 saturated heterocycles. The molecule has 1 N–H and O–H groups in total. The SMILES string of the molecule is CCNC1=C(N=C2S/C(=C\c3ccco3)C(=O)N2Cc2ccccc2)CC(C(C)=O)C=C1. The quantitative estimate of drug-likeness (QED) is 0.621. The molecular formula is C25H25N3O3S. The predicted molar refractivity (Wildman–Crippen MR) is 127 cm³/mol. The minimum Gasteiger partial charge on any atom is -0.465 e. The number of likely N-dealkylation sites (N-methyl/N-ethyl adjacent to an activating group) is 1. The van der Waals surface area contributed by atoms with Crippen LogP contribution in [0.2, 0.25) is 0 Å². The van der Waals surface area contributed by atoms with E-state index in [0.29, 0.717) is 28.8 Å². The summed E-state index contributed by atoms with van der Waals surface area (Å²) in [5, 5.41) is 3.92. The largest absolute Gasteiger partial charge is 0.465 e. The Morgan fingerprint density at radius 2 is 2.09 bits per heavy atom. The van der Waals surface area contributed by atoms with Gasteiger partial charge in [-0.15, -0.1) is 0 Å². The van der Waals surface area contributed by atoms with E-state index in [1.165, 1.54) is 11.8 Å². The van der Waals surface area contributed by atoms with Gasteiger partial charge in [0.15, 0.2) is 5.17 Å². The third-order valence-electron chi connectivity index (χ3n) is 5.23. The molecule has 1 fully saturated rings. The molecule has 1 aliphatic heterocycles. The Morgan fingerprint density at radius 1 is 1.28 bits per heavy atom. The molecular weight excluding hydrogens is 422 g/mol. The lowest BCUT2D eigenvalue weighted by atomic mass is 9.93. The first-order chi connectivity index (χ1) is 15.5. The van der Waals surface area contributed by atoms with Gasteiger partial charge in [0.1, 0.15) is 11.5 Å². The van der Waals surface area contributed by atoms with Crippen molar-refractivity contribution in [1.82, 2.24) is 10.2 Å². The molecule has 2 aliphatic rings. The van der Waals surface area contributed by atoms with Crippen LogP contribution in [0.4, 0.5) is 0 Å². The smallest absolute Gasteiger partial charge is 0.267 e. The van der Waals surface area contributed by atoms with E-state index in [1.54, 1.807) is 30.2 Å². The summed E-state index contributed by atoms with van der Waals surface area (Å²) in [6, 6.07) is 13.4. The van der Waals surface area contributed by atoms with E-state index >= 15 is 0 Å². The van der Waals surface area contributed by atoms with Gasteiger partial charge in [0, 0.05) is 25.0 Å². The van der Waals surface area contributed by atoms with Gasteiger partial charge in [0.05, 0.1) is 29.1 Å². The number of Topliss-reactive ketones (excluding diaryl/α,β-unsaturated/α-hetero) is 1. The highest BCUT2D eigenvalue weighted by Gasteiger charge is 2.34. The van der Waals surface area contributed by atoms with Crippen molar-refractivity contribution in [3.63, 3.8) is 0 Å². The van der Waals surface area contributed by atoms with Crippen LogP contribution in [0.3, 0.4) is 0 Å². The molecule has 0 spiro atoms. The van der Waals surface area contributed by atoms with E-state index in [9.17, 15) is 9.59 Å². The summed E-state index contributed by atoms with van der Waals surface area (Å²) >= 11 is 1.32. The van der Waals surface area contributed by atoms with Crippen LogP contribution >= 0.6 is 11.8 Å². The molecule has 1 unspecified atom stereocenters. The Bertz CT molecular complexity index is 1110. The van der Waals surface area contributed by atoms with E-state index in [4.69, 9.17) is 9.41 Å². The summed E-state index contributed by atoms with van der Waals surface area (Å²) in [7, 11) is 0. The van der Waals surface area contributed by atoms with Gasteiger partial charge in [-0.25, -0.2) is 4.99 Å². The zero-order chi connectivity index (χ0) is 22.5. The maximum Gasteiger partial charge on any atom is 0.267 e. The maximum atomic E-state index is 13.3. The van der Waals surface area contributed by atoms with Gasteiger partial charge >= 0.3 is 0 Å². The Kier molecular flexibility index (Phi) is 6.75. The average Bonchev–Trinajstić information content (AvgIpc) is 3.40. The van der Waals surface area contributed by atoms with Gasteiger partial charge in [-0.2, -0.15) is 0 Å². The highest BCUT2D eigenvalue weighted by molar-refractivity contribution is 8.18. The molecule has 4 rings (SSSR count). The summed E-state index contributed by atoms with van der Waals surface area (Å²) < 4.78 is 5.41. The lowest BCUT2D eigenvalue weighted by Crippen LogP contribution is -2.29. The molecule has 1 aliphatic carbocycles. The fourth-order valence-corrected chi connectivity index (χ4v) is 4.53. The number of furan rings is 1. The third kappa shape index (κ3) is 4.94. The first kappa shape index (κ1) is 21.9. The summed E-state index contributed by atoms with van der Waals surface area (Å²) in [5.41, 5.74) is 2.68. The second-order valence-corrected chi connectivity index (χ2v) is 8.58. The molecule has 0 bridgehead atoms. The normalized spacial score (nSPS) is 21.1. The monoisotopic (exact) mass is 447 g/mol. The van der Waals surface area contributed by atoms with Crippen LogP contribution < -0.4 is 5.32 Å². The molecule has 1 atom stereocenters. The van der Waals surface area contributed by atoms with Crippen LogP contribution in [0.15, 0.2) is 86.6 Å². The first-order valence-corrected chi connectivity index (χ1v) is 11.4. The van der Waals surface area contributed by atoms with E-state index in [1.807, 2.05) is 55.5 Å². The van der Waals surface area contributed by atoms with Crippen molar-refractivity contribution in [2.24, 2.45) is 10.9 Å². The number of nitrogens with zero attached hydrogens (tertiary/aromatic N) is 2. The standard InChI is InChI=1S/C25H25N3O3S/c1-3-26-21-12-11-19(17(2)29)14-22(21)27-25-28(16-18-8-5-4-6-9-18)24(30)23(32-25)15-20-10-7-13-31-20/h4-13,15,19,26H,3,14,16H2,1-2H3/b23-15-,27-25?. The number of amides is 1. The molecule has 7 heteroatoms. The van der Waals surface area contributed by atoms with Crippen molar-refractivity contribution >= 4 is 34.7 Å². The number of aliphatic imine (C=N–C) groups is 1. The number of ketones is 1. The summed E-state index contributed by atoms with van der Waals surface area (Å²) in [6.45, 7) is 4.76. The van der Waals surface area contributed by atoms with Gasteiger partial charge < -0.3 is 9.73 Å². The second-order valence-electron chi connectivity index (χ2n) is 7.57. The zero-order valence-electron chi connectivity index (χ0n) is 18.1. The molecule has 2 heterocycles. The van der Waals surface area contributed by atoms with Crippen LogP contribution in [0.25, 0.3) is 6.08 Å². The van der Waals surface area contributed by atoms with E-state index in [2.05, 4.69) is 5.32 Å². The third-order valence-corrected chi connectivity index (χ3v) is 6.23. The minimum absolute atomic E-state index is 0.101. The van der Waals surface area contributed by atoms with Gasteiger partial charge in [-0.1, -0.05) is 36.4 Å². The number of allylic oxidation sites excluding steroid dienone is 3. The van der Waals surface area contributed by atoms with Gasteiger partial charge in [0.25, 0.3) is 5.91 Å². The Morgan fingerprint density at radius 3 is 2.78 bits per heavy atom. The summed E-state index contributed by atoms with van der Waals surface area (Å²) in [4.78, 5) is 32.4. The summed E-state index contributed by atoms with van der Waals surface area (Å²) in [5.74, 6) is 0.393. The van der Waals surface area contributed by atoms with Crippen molar-refractivity contribution in [1.29, 1.82) is 0 Å². The number of thioether (sulfide) groups is 1. The number of nitrogens with one attached hydrogen (secondary N) is 1. The number of amidine groups is 1. The van der Waals surface area contributed by atoms with Gasteiger partial charge in [0.2, 0.25) is 0 Å². The molecule has 1 aromatic carbocycles. The van der Waals surface area contributed by atoms with Crippen LogP contribution in [0, 0.1) is 5.92 Å². The highest BCUT2D eigenvalue weighted by atomic mass is 32.2. The molecule has 1 aromatic heterocycles. The number of hydrogen-bond donors (Lipinski definition) is 1. The number of benzene rings is 1. The molecule has 32 heavy (non-hydrogen) atoms. The Balaban J connectivity index is 1.72. The molecule has 0 radical (unpaired) electrons. The molecule has 0 saturated carbocycles. The highest BCUT2D eigenvalue weighted by Crippen LogP contribution is 2.36. The Labute approximate surface area is 191 Å². The van der Waals surface area contributed by atoms with Crippen molar-refractivity contribution in [2.45, 2.75) is 26.8 Å². The maximum absolute atomic E-state index is 13.3. The topological polar surface area (TPSA) is 74.9 Å². The van der Waals surface area contributed by atoms with Crippen molar-refractivity contribution in [2.75, 3.05) is 6.54 Å². The Hall–Kier alpha value is -3.32. The molecule has 2 aromatic rings. The van der Waals surface area contributed by atoms with Gasteiger partial charge in [-0.3, -0.25) is 14.5 Å². The fourth-order valence-electron chi connectivity index (χ4n) is 3.55. The second kappa shape index (κ2) is 9.87. The predicted octanol–water partition coefficient (Wildman–Crippen LogP) is 4.74. The van der Waals surface area contributed by atoms with Crippen LogP contribution in [0.1, 0.15) is 31.6 Å². The number of hydrogen-bond acceptors (Lipinski definition) is 6. The van der Waals surface area contributed by atoms with E-state index in [-0.39, 0.29) is 17.6 Å². The number of rotatable bonds is 7. The molecule has 1 amide bonds. The van der Waals surface area contributed by atoms with Crippen LogP contribution in [-0.4, -0.2) is 28.3 Å². The molecule has 164 valence electrons. The fraction of sp³-hybridized carbons (Fsp3) is 0.240.